The lowest BCUT2D eigenvalue weighted by Gasteiger charge is -2.14. The largest absolute Gasteiger partial charge is 0.416 e. The highest BCUT2D eigenvalue weighted by Gasteiger charge is 2.30. The molecular formula is C16H12F5NO2. The number of amides is 1. The van der Waals surface area contributed by atoms with Gasteiger partial charge in [0.2, 0.25) is 0 Å². The molecule has 2 N–H and O–H groups in total. The Hall–Kier alpha value is -2.48. The van der Waals surface area contributed by atoms with Crippen LogP contribution in [0.5, 0.6) is 0 Å². The van der Waals surface area contributed by atoms with Gasteiger partial charge in [0.25, 0.3) is 5.91 Å². The summed E-state index contributed by atoms with van der Waals surface area (Å²) in [5.41, 5.74) is -1.12. The Morgan fingerprint density at radius 3 is 2.25 bits per heavy atom. The van der Waals surface area contributed by atoms with Crippen LogP contribution >= 0.6 is 0 Å². The molecule has 0 aliphatic carbocycles. The van der Waals surface area contributed by atoms with Crippen LogP contribution in [0.1, 0.15) is 27.6 Å². The highest BCUT2D eigenvalue weighted by atomic mass is 19.4. The molecule has 2 rings (SSSR count). The van der Waals surface area contributed by atoms with Gasteiger partial charge in [-0.3, -0.25) is 4.79 Å². The van der Waals surface area contributed by atoms with E-state index in [4.69, 9.17) is 0 Å². The van der Waals surface area contributed by atoms with Crippen molar-refractivity contribution in [2.75, 3.05) is 6.54 Å². The number of hydrogen-bond donors (Lipinski definition) is 2. The van der Waals surface area contributed by atoms with Crippen LogP contribution in [0.2, 0.25) is 0 Å². The van der Waals surface area contributed by atoms with E-state index in [2.05, 4.69) is 5.32 Å². The first-order valence-corrected chi connectivity index (χ1v) is 6.77. The molecule has 0 spiro atoms. The molecule has 0 heterocycles. The SMILES string of the molecule is O=C(NC[C@H](O)c1ccc(C(F)(F)F)cc1)c1ccc(F)cc1F. The van der Waals surface area contributed by atoms with Crippen molar-refractivity contribution in [1.82, 2.24) is 5.32 Å². The Bertz CT molecular complexity index is 728. The first-order valence-electron chi connectivity index (χ1n) is 6.77. The average Bonchev–Trinajstić information content (AvgIpc) is 2.51. The molecule has 0 bridgehead atoms. The number of rotatable bonds is 4. The minimum Gasteiger partial charge on any atom is -0.387 e. The van der Waals surface area contributed by atoms with Crippen molar-refractivity contribution in [3.63, 3.8) is 0 Å². The van der Waals surface area contributed by atoms with Crippen LogP contribution in [0, 0.1) is 11.6 Å². The van der Waals surface area contributed by atoms with Crippen molar-refractivity contribution in [1.29, 1.82) is 0 Å². The van der Waals surface area contributed by atoms with Crippen molar-refractivity contribution in [3.05, 3.63) is 70.8 Å². The summed E-state index contributed by atoms with van der Waals surface area (Å²) in [6.45, 7) is -0.346. The molecule has 2 aromatic rings. The normalized spacial score (nSPS) is 12.8. The molecule has 3 nitrogen and oxygen atoms in total. The van der Waals surface area contributed by atoms with Gasteiger partial charge in [-0.25, -0.2) is 8.78 Å². The van der Waals surface area contributed by atoms with Gasteiger partial charge in [0.1, 0.15) is 11.6 Å². The summed E-state index contributed by atoms with van der Waals surface area (Å²) in [7, 11) is 0. The maximum Gasteiger partial charge on any atom is 0.416 e. The van der Waals surface area contributed by atoms with E-state index in [1.165, 1.54) is 0 Å². The summed E-state index contributed by atoms with van der Waals surface area (Å²) in [5.74, 6) is -2.77. The topological polar surface area (TPSA) is 49.3 Å². The van der Waals surface area contributed by atoms with Gasteiger partial charge in [-0.2, -0.15) is 13.2 Å². The molecule has 0 radical (unpaired) electrons. The van der Waals surface area contributed by atoms with Crippen LogP contribution in [0.4, 0.5) is 22.0 Å². The third kappa shape index (κ3) is 4.29. The number of aliphatic hydroxyl groups excluding tert-OH is 1. The minimum atomic E-state index is -4.49. The van der Waals surface area contributed by atoms with Gasteiger partial charge in [0.05, 0.1) is 17.2 Å². The second kappa shape index (κ2) is 6.96. The second-order valence-electron chi connectivity index (χ2n) is 4.97. The number of aliphatic hydroxyl groups is 1. The summed E-state index contributed by atoms with van der Waals surface area (Å²) >= 11 is 0. The van der Waals surface area contributed by atoms with Gasteiger partial charge in [-0.05, 0) is 29.8 Å². The first-order chi connectivity index (χ1) is 11.2. The quantitative estimate of drug-likeness (QED) is 0.834. The Morgan fingerprint density at radius 1 is 1.08 bits per heavy atom. The smallest absolute Gasteiger partial charge is 0.387 e. The van der Waals surface area contributed by atoms with Crippen LogP contribution in [0.3, 0.4) is 0 Å². The van der Waals surface area contributed by atoms with E-state index in [-0.39, 0.29) is 12.1 Å². The van der Waals surface area contributed by atoms with Crippen LogP contribution in [-0.4, -0.2) is 17.6 Å². The second-order valence-corrected chi connectivity index (χ2v) is 4.97. The molecular weight excluding hydrogens is 333 g/mol. The molecule has 1 amide bonds. The number of carbonyl (C=O) groups excluding carboxylic acids is 1. The van der Waals surface area contributed by atoms with E-state index < -0.39 is 40.9 Å². The molecule has 0 aliphatic rings. The van der Waals surface area contributed by atoms with E-state index in [0.717, 1.165) is 36.4 Å². The van der Waals surface area contributed by atoms with Crippen molar-refractivity contribution >= 4 is 5.91 Å². The summed E-state index contributed by atoms with van der Waals surface area (Å²) in [6.07, 6.45) is -5.77. The van der Waals surface area contributed by atoms with E-state index in [0.29, 0.717) is 6.07 Å². The van der Waals surface area contributed by atoms with Gasteiger partial charge >= 0.3 is 6.18 Å². The minimum absolute atomic E-state index is 0.155. The maximum absolute atomic E-state index is 13.4. The third-order valence-corrected chi connectivity index (χ3v) is 3.25. The monoisotopic (exact) mass is 345 g/mol. The van der Waals surface area contributed by atoms with E-state index in [1.807, 2.05) is 0 Å². The number of halogens is 5. The lowest BCUT2D eigenvalue weighted by atomic mass is 10.1. The molecule has 0 fully saturated rings. The Labute approximate surface area is 133 Å². The highest BCUT2D eigenvalue weighted by Crippen LogP contribution is 2.29. The van der Waals surface area contributed by atoms with Crippen LogP contribution in [-0.2, 0) is 6.18 Å². The molecule has 0 unspecified atom stereocenters. The molecule has 0 saturated heterocycles. The fourth-order valence-corrected chi connectivity index (χ4v) is 1.97. The molecule has 2 aromatic carbocycles. The van der Waals surface area contributed by atoms with E-state index >= 15 is 0 Å². The Morgan fingerprint density at radius 2 is 1.71 bits per heavy atom. The Balaban J connectivity index is 1.99. The van der Waals surface area contributed by atoms with Crippen LogP contribution in [0.25, 0.3) is 0 Å². The number of benzene rings is 2. The fraction of sp³-hybridized carbons (Fsp3) is 0.188. The lowest BCUT2D eigenvalue weighted by molar-refractivity contribution is -0.137. The highest BCUT2D eigenvalue weighted by molar-refractivity contribution is 5.94. The van der Waals surface area contributed by atoms with Gasteiger partial charge in [-0.1, -0.05) is 12.1 Å². The van der Waals surface area contributed by atoms with Gasteiger partial charge in [-0.15, -0.1) is 0 Å². The standard InChI is InChI=1S/C16H12F5NO2/c17-11-5-6-12(13(18)7-11)15(24)22-8-14(23)9-1-3-10(4-2-9)16(19,20)21/h1-7,14,23H,8H2,(H,22,24)/t14-/m0/s1. The zero-order valence-corrected chi connectivity index (χ0v) is 12.1. The average molecular weight is 345 g/mol. The van der Waals surface area contributed by atoms with Crippen LogP contribution < -0.4 is 5.32 Å². The summed E-state index contributed by atoms with van der Waals surface area (Å²) in [5, 5.41) is 12.1. The molecule has 0 aromatic heterocycles. The van der Waals surface area contributed by atoms with Gasteiger partial charge in [0.15, 0.2) is 0 Å². The van der Waals surface area contributed by atoms with Crippen molar-refractivity contribution < 1.29 is 31.9 Å². The molecule has 24 heavy (non-hydrogen) atoms. The predicted octanol–water partition coefficient (Wildman–Crippen LogP) is 3.45. The summed E-state index contributed by atoms with van der Waals surface area (Å²) in [4.78, 5) is 11.8. The molecule has 128 valence electrons. The van der Waals surface area contributed by atoms with E-state index in [9.17, 15) is 31.9 Å². The maximum atomic E-state index is 13.4. The van der Waals surface area contributed by atoms with Crippen molar-refractivity contribution in [2.24, 2.45) is 0 Å². The Kier molecular flexibility index (Phi) is 5.18. The fourth-order valence-electron chi connectivity index (χ4n) is 1.97. The molecule has 8 heteroatoms. The van der Waals surface area contributed by atoms with Gasteiger partial charge < -0.3 is 10.4 Å². The summed E-state index contributed by atoms with van der Waals surface area (Å²) < 4.78 is 63.5. The van der Waals surface area contributed by atoms with Gasteiger partial charge in [0, 0.05) is 12.6 Å². The third-order valence-electron chi connectivity index (χ3n) is 3.25. The zero-order valence-electron chi connectivity index (χ0n) is 12.1. The molecule has 0 saturated carbocycles. The lowest BCUT2D eigenvalue weighted by Crippen LogP contribution is -2.29. The zero-order chi connectivity index (χ0) is 17.9. The van der Waals surface area contributed by atoms with Crippen molar-refractivity contribution in [2.45, 2.75) is 12.3 Å². The number of alkyl halides is 3. The number of hydrogen-bond acceptors (Lipinski definition) is 2. The van der Waals surface area contributed by atoms with Crippen molar-refractivity contribution in [3.8, 4) is 0 Å². The van der Waals surface area contributed by atoms with Crippen LogP contribution in [0.15, 0.2) is 42.5 Å². The predicted molar refractivity (Wildman–Crippen MR) is 75.1 cm³/mol. The number of carbonyl (C=O) groups is 1. The molecule has 0 aliphatic heterocycles. The molecule has 1 atom stereocenters. The van der Waals surface area contributed by atoms with E-state index in [1.54, 1.807) is 0 Å². The number of nitrogens with one attached hydrogen (secondary N) is 1. The first kappa shape index (κ1) is 17.9. The summed E-state index contributed by atoms with van der Waals surface area (Å²) in [6, 6.07) is 6.17.